The number of anilines is 3. The molecule has 0 bridgehead atoms. The number of hydrogen-bond acceptors (Lipinski definition) is 1. The maximum absolute atomic E-state index is 3.90. The summed E-state index contributed by atoms with van der Waals surface area (Å²) >= 11 is 0. The molecule has 4 aromatic carbocycles. The van der Waals surface area contributed by atoms with Crippen LogP contribution in [0.15, 0.2) is 104 Å². The lowest BCUT2D eigenvalue weighted by molar-refractivity contribution is 1.20. The maximum Gasteiger partial charge on any atom is 0.0540 e. The molecule has 0 aliphatic heterocycles. The molecule has 0 saturated heterocycles. The number of rotatable bonds is 4. The van der Waals surface area contributed by atoms with Gasteiger partial charge in [0.1, 0.15) is 0 Å². The molecule has 1 nitrogen and oxygen atoms in total. The SMILES string of the molecule is C=Cc1ccc(N(c2ccccc2)c2ccc3c4c5c(ccc24)CC=CC5=CC3)cc1. The van der Waals surface area contributed by atoms with E-state index in [0.717, 1.165) is 29.8 Å². The van der Waals surface area contributed by atoms with Crippen LogP contribution in [0.5, 0.6) is 0 Å². The van der Waals surface area contributed by atoms with Crippen LogP contribution in [0, 0.1) is 0 Å². The fourth-order valence-electron chi connectivity index (χ4n) is 4.96. The third-order valence-electron chi connectivity index (χ3n) is 6.44. The lowest BCUT2D eigenvalue weighted by Gasteiger charge is -2.30. The number of benzene rings is 4. The van der Waals surface area contributed by atoms with Crippen LogP contribution < -0.4 is 4.90 Å². The molecular weight excluding hydrogens is 374 g/mol. The monoisotopic (exact) mass is 397 g/mol. The summed E-state index contributed by atoms with van der Waals surface area (Å²) in [5.41, 5.74) is 10.3. The van der Waals surface area contributed by atoms with Crippen LogP contribution in [0.3, 0.4) is 0 Å². The second-order valence-corrected chi connectivity index (χ2v) is 8.20. The standard InChI is InChI=1S/C30H23N/c1-2-21-11-17-26(18-12-21)31(25-9-4-3-5-10-25)28-20-16-24-14-13-22-7-6-8-23-15-19-27(28)30(24)29(22)23/h2-7,9-13,15-20H,1,8,14H2. The number of para-hydroxylation sites is 1. The zero-order valence-electron chi connectivity index (χ0n) is 17.4. The van der Waals surface area contributed by atoms with Crippen molar-refractivity contribution in [3.63, 3.8) is 0 Å². The largest absolute Gasteiger partial charge is 0.310 e. The van der Waals surface area contributed by atoms with Gasteiger partial charge in [0.25, 0.3) is 0 Å². The molecule has 1 heteroatoms. The van der Waals surface area contributed by atoms with Gasteiger partial charge in [0, 0.05) is 16.8 Å². The Labute approximate surface area is 183 Å². The van der Waals surface area contributed by atoms with Gasteiger partial charge in [-0.15, -0.1) is 0 Å². The summed E-state index contributed by atoms with van der Waals surface area (Å²) in [5, 5.41) is 2.73. The number of allylic oxidation sites excluding steroid dienone is 4. The molecule has 0 atom stereocenters. The van der Waals surface area contributed by atoms with Crippen molar-refractivity contribution >= 4 is 39.5 Å². The van der Waals surface area contributed by atoms with Gasteiger partial charge in [0.2, 0.25) is 0 Å². The van der Waals surface area contributed by atoms with E-state index in [1.807, 2.05) is 6.08 Å². The lowest BCUT2D eigenvalue weighted by atomic mass is 9.81. The van der Waals surface area contributed by atoms with Crippen LogP contribution in [0.4, 0.5) is 17.1 Å². The minimum atomic E-state index is 0.992. The Morgan fingerprint density at radius 2 is 1.52 bits per heavy atom. The van der Waals surface area contributed by atoms with E-state index in [2.05, 4.69) is 109 Å². The van der Waals surface area contributed by atoms with Crippen LogP contribution in [0.25, 0.3) is 22.4 Å². The molecule has 31 heavy (non-hydrogen) atoms. The van der Waals surface area contributed by atoms with E-state index >= 15 is 0 Å². The van der Waals surface area contributed by atoms with Crippen molar-refractivity contribution in [2.45, 2.75) is 12.8 Å². The van der Waals surface area contributed by atoms with Gasteiger partial charge in [-0.25, -0.2) is 0 Å². The van der Waals surface area contributed by atoms with Gasteiger partial charge >= 0.3 is 0 Å². The summed E-state index contributed by atoms with van der Waals surface area (Å²) in [4.78, 5) is 2.37. The van der Waals surface area contributed by atoms with Gasteiger partial charge in [-0.2, -0.15) is 0 Å². The van der Waals surface area contributed by atoms with E-state index in [1.54, 1.807) is 0 Å². The minimum absolute atomic E-state index is 0.992. The molecule has 0 N–H and O–H groups in total. The first kappa shape index (κ1) is 18.0. The molecule has 2 aliphatic rings. The van der Waals surface area contributed by atoms with Crippen molar-refractivity contribution in [2.75, 3.05) is 4.90 Å². The first-order chi connectivity index (χ1) is 15.3. The van der Waals surface area contributed by atoms with Crippen LogP contribution in [0.2, 0.25) is 0 Å². The van der Waals surface area contributed by atoms with E-state index in [1.165, 1.54) is 38.7 Å². The van der Waals surface area contributed by atoms with Gasteiger partial charge in [-0.05, 0) is 76.4 Å². The molecule has 0 saturated carbocycles. The molecule has 0 unspecified atom stereocenters. The van der Waals surface area contributed by atoms with Gasteiger partial charge in [-0.3, -0.25) is 0 Å². The van der Waals surface area contributed by atoms with E-state index in [-0.39, 0.29) is 0 Å². The Hall–Kier alpha value is -3.84. The first-order valence-corrected chi connectivity index (χ1v) is 10.9. The van der Waals surface area contributed by atoms with Crippen molar-refractivity contribution in [3.8, 4) is 0 Å². The van der Waals surface area contributed by atoms with E-state index in [4.69, 9.17) is 0 Å². The molecule has 0 spiro atoms. The second kappa shape index (κ2) is 7.14. The Bertz CT molecular complexity index is 1370. The molecule has 0 heterocycles. The van der Waals surface area contributed by atoms with Crippen LogP contribution in [-0.2, 0) is 12.8 Å². The number of nitrogens with zero attached hydrogens (tertiary/aromatic N) is 1. The summed E-state index contributed by atoms with van der Waals surface area (Å²) in [5.74, 6) is 0. The fourth-order valence-corrected chi connectivity index (χ4v) is 4.96. The van der Waals surface area contributed by atoms with Gasteiger partial charge in [-0.1, -0.05) is 79.4 Å². The zero-order valence-corrected chi connectivity index (χ0v) is 17.4. The predicted molar refractivity (Wildman–Crippen MR) is 133 cm³/mol. The zero-order chi connectivity index (χ0) is 20.8. The predicted octanol–water partition coefficient (Wildman–Crippen LogP) is 8.00. The Morgan fingerprint density at radius 3 is 2.32 bits per heavy atom. The average Bonchev–Trinajstić information content (AvgIpc) is 2.84. The fraction of sp³-hybridized carbons (Fsp3) is 0.0667. The molecule has 0 radical (unpaired) electrons. The van der Waals surface area contributed by atoms with Crippen molar-refractivity contribution in [3.05, 3.63) is 126 Å². The minimum Gasteiger partial charge on any atom is -0.310 e. The Kier molecular flexibility index (Phi) is 4.14. The number of hydrogen-bond donors (Lipinski definition) is 0. The summed E-state index contributed by atoms with van der Waals surface area (Å²) in [6, 6.07) is 28.5. The van der Waals surface area contributed by atoms with Crippen LogP contribution >= 0.6 is 0 Å². The Balaban J connectivity index is 1.63. The van der Waals surface area contributed by atoms with E-state index in [0.29, 0.717) is 0 Å². The van der Waals surface area contributed by atoms with Gasteiger partial charge < -0.3 is 4.90 Å². The van der Waals surface area contributed by atoms with Crippen molar-refractivity contribution in [1.29, 1.82) is 0 Å². The molecule has 148 valence electrons. The molecule has 0 aromatic heterocycles. The third-order valence-corrected chi connectivity index (χ3v) is 6.44. The lowest BCUT2D eigenvalue weighted by Crippen LogP contribution is -2.12. The van der Waals surface area contributed by atoms with Gasteiger partial charge in [0.05, 0.1) is 5.69 Å². The molecule has 0 amide bonds. The highest BCUT2D eigenvalue weighted by molar-refractivity contribution is 6.08. The molecule has 6 rings (SSSR count). The normalized spacial score (nSPS) is 13.7. The molecular formula is C30H23N. The highest BCUT2D eigenvalue weighted by Crippen LogP contribution is 2.45. The summed E-state index contributed by atoms with van der Waals surface area (Å²) in [6.07, 6.45) is 10.8. The summed E-state index contributed by atoms with van der Waals surface area (Å²) < 4.78 is 0. The second-order valence-electron chi connectivity index (χ2n) is 8.20. The van der Waals surface area contributed by atoms with Crippen molar-refractivity contribution in [1.82, 2.24) is 0 Å². The smallest absolute Gasteiger partial charge is 0.0540 e. The van der Waals surface area contributed by atoms with E-state index in [9.17, 15) is 0 Å². The van der Waals surface area contributed by atoms with Crippen LogP contribution in [0.1, 0.15) is 22.3 Å². The molecule has 0 fully saturated rings. The average molecular weight is 398 g/mol. The van der Waals surface area contributed by atoms with Crippen LogP contribution in [-0.4, -0.2) is 0 Å². The highest BCUT2D eigenvalue weighted by atomic mass is 15.1. The highest BCUT2D eigenvalue weighted by Gasteiger charge is 2.23. The quantitative estimate of drug-likeness (QED) is 0.337. The Morgan fingerprint density at radius 1 is 0.742 bits per heavy atom. The molecule has 4 aromatic rings. The van der Waals surface area contributed by atoms with Crippen molar-refractivity contribution in [2.24, 2.45) is 0 Å². The maximum atomic E-state index is 3.90. The van der Waals surface area contributed by atoms with Crippen molar-refractivity contribution < 1.29 is 0 Å². The molecule has 2 aliphatic carbocycles. The van der Waals surface area contributed by atoms with Gasteiger partial charge in [0.15, 0.2) is 0 Å². The third kappa shape index (κ3) is 2.85. The van der Waals surface area contributed by atoms with E-state index < -0.39 is 0 Å². The first-order valence-electron chi connectivity index (χ1n) is 10.9. The summed E-state index contributed by atoms with van der Waals surface area (Å²) in [6.45, 7) is 3.90. The topological polar surface area (TPSA) is 3.24 Å². The summed E-state index contributed by atoms with van der Waals surface area (Å²) in [7, 11) is 0.